The van der Waals surface area contributed by atoms with E-state index in [1.165, 1.54) is 5.56 Å². The molecule has 0 N–H and O–H groups in total. The minimum absolute atomic E-state index is 0.0385. The molecule has 11 heteroatoms. The topological polar surface area (TPSA) is 9.72 Å². The molecule has 1 atom stereocenters. The van der Waals surface area contributed by atoms with Gasteiger partial charge in [-0.25, -0.2) is 0 Å². The molecule has 2 aliphatic heterocycles. The Balaban J connectivity index is 1.36. The van der Waals surface area contributed by atoms with Gasteiger partial charge in [-0.2, -0.15) is 26.3 Å². The molecule has 0 amide bonds. The van der Waals surface area contributed by atoms with Crippen molar-refractivity contribution in [3.8, 4) is 0 Å². The zero-order valence-electron chi connectivity index (χ0n) is 23.7. The molecule has 0 aromatic heterocycles. The van der Waals surface area contributed by atoms with Crippen LogP contribution in [0.1, 0.15) is 53.0 Å². The molecule has 2 saturated heterocycles. The first kappa shape index (κ1) is 32.1. The average Bonchev–Trinajstić information content (AvgIpc) is 3.28. The predicted molar refractivity (Wildman–Crippen MR) is 157 cm³/mol. The van der Waals surface area contributed by atoms with Gasteiger partial charge in [0.05, 0.1) is 33.4 Å². The third-order valence-electron chi connectivity index (χ3n) is 8.84. The molecule has 0 spiro atoms. The van der Waals surface area contributed by atoms with Crippen LogP contribution in [-0.4, -0.2) is 54.6 Å². The van der Waals surface area contributed by atoms with Crippen LogP contribution in [0.25, 0.3) is 0 Å². The zero-order valence-corrected chi connectivity index (χ0v) is 25.2. The van der Waals surface area contributed by atoms with Crippen molar-refractivity contribution in [1.29, 1.82) is 0 Å². The van der Waals surface area contributed by atoms with Crippen molar-refractivity contribution in [2.24, 2.45) is 0 Å². The van der Waals surface area contributed by atoms with Gasteiger partial charge >= 0.3 is 12.4 Å². The van der Waals surface area contributed by atoms with E-state index in [9.17, 15) is 26.3 Å². The molecule has 232 valence electrons. The second kappa shape index (κ2) is 12.6. The highest BCUT2D eigenvalue weighted by atomic mass is 35.5. The molecule has 2 aliphatic rings. The van der Waals surface area contributed by atoms with Crippen LogP contribution in [0.5, 0.6) is 0 Å². The number of hydrogen-bond donors (Lipinski definition) is 0. The Hall–Kier alpha value is -2.30. The minimum Gasteiger partial charge on any atom is -0.303 e. The molecular formula is C32H33Cl2F6N3. The van der Waals surface area contributed by atoms with Gasteiger partial charge in [0.25, 0.3) is 0 Å². The van der Waals surface area contributed by atoms with E-state index in [-0.39, 0.29) is 18.2 Å². The third kappa shape index (κ3) is 7.34. The Morgan fingerprint density at radius 2 is 1.42 bits per heavy atom. The second-order valence-corrected chi connectivity index (χ2v) is 12.5. The molecule has 3 aromatic rings. The molecule has 2 heterocycles. The Bertz CT molecular complexity index is 1370. The number of piperidine rings is 1. The number of likely N-dealkylation sites (N-methyl/N-ethyl adjacent to an activating group) is 1. The number of alkyl halides is 6. The van der Waals surface area contributed by atoms with E-state index in [4.69, 9.17) is 23.2 Å². The molecular weight excluding hydrogens is 611 g/mol. The lowest BCUT2D eigenvalue weighted by molar-refractivity contribution is -0.143. The van der Waals surface area contributed by atoms with Crippen LogP contribution in [0.4, 0.5) is 26.3 Å². The van der Waals surface area contributed by atoms with Crippen LogP contribution in [0, 0.1) is 0 Å². The van der Waals surface area contributed by atoms with E-state index < -0.39 is 29.0 Å². The minimum atomic E-state index is -4.89. The van der Waals surface area contributed by atoms with Gasteiger partial charge in [0, 0.05) is 19.6 Å². The zero-order chi connectivity index (χ0) is 31.0. The highest BCUT2D eigenvalue weighted by molar-refractivity contribution is 6.42. The fraction of sp³-hybridized carbons (Fsp3) is 0.438. The quantitative estimate of drug-likeness (QED) is 0.238. The first-order valence-electron chi connectivity index (χ1n) is 14.2. The standard InChI is InChI=1S/C32H33Cl2F6N3/c1-41-21-43(19-22-15-26(31(35,36)37)17-27(16-22)32(38,39)40)20-30(41,25-7-8-28(33)29(34)18-25)11-14-42-12-9-24(10-13-42)23-5-3-2-4-6-23/h2-8,15-18,24H,9-14,19-21H2,1H3. The van der Waals surface area contributed by atoms with E-state index in [2.05, 4.69) is 34.1 Å². The number of rotatable bonds is 7. The monoisotopic (exact) mass is 643 g/mol. The second-order valence-electron chi connectivity index (χ2n) is 11.7. The Kier molecular flexibility index (Phi) is 9.41. The SMILES string of the molecule is CN1CN(Cc2cc(C(F)(F)F)cc(C(F)(F)F)c2)CC1(CCN1CCC(c2ccccc2)CC1)c1ccc(Cl)c(Cl)c1. The molecule has 0 aliphatic carbocycles. The summed E-state index contributed by atoms with van der Waals surface area (Å²) in [6.07, 6.45) is -7.00. The Morgan fingerprint density at radius 3 is 2.00 bits per heavy atom. The summed E-state index contributed by atoms with van der Waals surface area (Å²) in [7, 11) is 1.93. The van der Waals surface area contributed by atoms with Gasteiger partial charge in [0.2, 0.25) is 0 Å². The van der Waals surface area contributed by atoms with Crippen LogP contribution in [0.3, 0.4) is 0 Å². The highest BCUT2D eigenvalue weighted by Crippen LogP contribution is 2.42. The maximum absolute atomic E-state index is 13.5. The first-order chi connectivity index (χ1) is 20.2. The third-order valence-corrected chi connectivity index (χ3v) is 9.58. The Labute approximate surface area is 258 Å². The summed E-state index contributed by atoms with van der Waals surface area (Å²) in [5.74, 6) is 0.514. The predicted octanol–water partition coefficient (Wildman–Crippen LogP) is 8.90. The summed E-state index contributed by atoms with van der Waals surface area (Å²) >= 11 is 12.6. The van der Waals surface area contributed by atoms with Crippen LogP contribution < -0.4 is 0 Å². The van der Waals surface area contributed by atoms with Crippen molar-refractivity contribution in [3.05, 3.63) is 105 Å². The number of halogens is 8. The van der Waals surface area contributed by atoms with Crippen LogP contribution in [-0.2, 0) is 24.4 Å². The van der Waals surface area contributed by atoms with Crippen molar-refractivity contribution >= 4 is 23.2 Å². The van der Waals surface area contributed by atoms with Crippen LogP contribution in [0.15, 0.2) is 66.7 Å². The van der Waals surface area contributed by atoms with Crippen molar-refractivity contribution in [2.45, 2.75) is 49.6 Å². The number of nitrogens with zero attached hydrogens (tertiary/aromatic N) is 3. The summed E-state index contributed by atoms with van der Waals surface area (Å²) < 4.78 is 81.0. The van der Waals surface area contributed by atoms with Gasteiger partial charge in [0.15, 0.2) is 0 Å². The highest BCUT2D eigenvalue weighted by Gasteiger charge is 2.45. The number of likely N-dealkylation sites (tertiary alicyclic amines) is 1. The molecule has 0 bridgehead atoms. The molecule has 5 rings (SSSR count). The smallest absolute Gasteiger partial charge is 0.303 e. The van der Waals surface area contributed by atoms with E-state index in [1.54, 1.807) is 6.07 Å². The fourth-order valence-electron chi connectivity index (χ4n) is 6.52. The molecule has 2 fully saturated rings. The molecule has 3 nitrogen and oxygen atoms in total. The lowest BCUT2D eigenvalue weighted by Gasteiger charge is -2.39. The molecule has 3 aromatic carbocycles. The van der Waals surface area contributed by atoms with Gasteiger partial charge in [0.1, 0.15) is 0 Å². The van der Waals surface area contributed by atoms with Crippen molar-refractivity contribution in [1.82, 2.24) is 14.7 Å². The van der Waals surface area contributed by atoms with Gasteiger partial charge in [-0.3, -0.25) is 9.80 Å². The van der Waals surface area contributed by atoms with Crippen molar-refractivity contribution in [3.63, 3.8) is 0 Å². The summed E-state index contributed by atoms with van der Waals surface area (Å²) in [6.45, 7) is 3.35. The average molecular weight is 645 g/mol. The van der Waals surface area contributed by atoms with E-state index in [0.29, 0.717) is 35.6 Å². The van der Waals surface area contributed by atoms with E-state index in [0.717, 1.165) is 50.2 Å². The summed E-state index contributed by atoms with van der Waals surface area (Å²) in [5, 5.41) is 0.798. The van der Waals surface area contributed by atoms with Gasteiger partial charge in [-0.15, -0.1) is 0 Å². The lowest BCUT2D eigenvalue weighted by atomic mass is 9.84. The number of hydrogen-bond acceptors (Lipinski definition) is 3. The molecule has 1 unspecified atom stereocenters. The summed E-state index contributed by atoms with van der Waals surface area (Å²) in [4.78, 5) is 6.43. The van der Waals surface area contributed by atoms with Gasteiger partial charge in [-0.05, 0) is 92.3 Å². The fourth-order valence-corrected chi connectivity index (χ4v) is 6.82. The Morgan fingerprint density at radius 1 is 0.791 bits per heavy atom. The molecule has 0 saturated carbocycles. The lowest BCUT2D eigenvalue weighted by Crippen LogP contribution is -2.45. The van der Waals surface area contributed by atoms with Gasteiger partial charge in [-0.1, -0.05) is 59.6 Å². The van der Waals surface area contributed by atoms with Crippen molar-refractivity contribution in [2.75, 3.05) is 39.9 Å². The normalized spacial score (nSPS) is 21.5. The molecule has 0 radical (unpaired) electrons. The first-order valence-corrected chi connectivity index (χ1v) is 14.9. The number of benzene rings is 3. The van der Waals surface area contributed by atoms with Gasteiger partial charge < -0.3 is 4.90 Å². The molecule has 43 heavy (non-hydrogen) atoms. The summed E-state index contributed by atoms with van der Waals surface area (Å²) in [6, 6.07) is 17.7. The van der Waals surface area contributed by atoms with Crippen LogP contribution >= 0.6 is 23.2 Å². The maximum Gasteiger partial charge on any atom is 0.416 e. The largest absolute Gasteiger partial charge is 0.416 e. The van der Waals surface area contributed by atoms with Crippen LogP contribution in [0.2, 0.25) is 10.0 Å². The maximum atomic E-state index is 13.5. The van der Waals surface area contributed by atoms with Crippen molar-refractivity contribution < 1.29 is 26.3 Å². The summed E-state index contributed by atoms with van der Waals surface area (Å²) in [5.41, 5.74) is -0.962. The van der Waals surface area contributed by atoms with E-state index >= 15 is 0 Å². The van der Waals surface area contributed by atoms with E-state index in [1.807, 2.05) is 30.1 Å².